The summed E-state index contributed by atoms with van der Waals surface area (Å²) in [6.45, 7) is 90.7. The predicted molar refractivity (Wildman–Crippen MR) is 647 cm³/mol. The number of benzene rings is 4. The lowest BCUT2D eigenvalue weighted by Crippen LogP contribution is -2.19. The number of aromatic nitrogens is 5. The monoisotopic (exact) mass is 2050 g/mol. The smallest absolute Gasteiger partial charge is 0.250 e. The van der Waals surface area contributed by atoms with Crippen LogP contribution in [0.3, 0.4) is 0 Å². The molecule has 1 aliphatic carbocycles. The van der Waals surface area contributed by atoms with Crippen LogP contribution in [0.15, 0.2) is 245 Å². The number of fused-ring (bicyclic) bond motifs is 1. The molecule has 2 fully saturated rings. The molecule has 1 saturated heterocycles. The molecule has 14 rings (SSSR count). The van der Waals surface area contributed by atoms with E-state index in [-0.39, 0.29) is 17.7 Å². The molecule has 12 nitrogen and oxygen atoms in total. The van der Waals surface area contributed by atoms with E-state index in [1.807, 2.05) is 106 Å². The van der Waals surface area contributed by atoms with Gasteiger partial charge in [0.05, 0.1) is 13.7 Å². The number of aliphatic hydroxyl groups excluding tert-OH is 1. The van der Waals surface area contributed by atoms with Crippen molar-refractivity contribution >= 4 is 22.7 Å². The quantitative estimate of drug-likeness (QED) is 0.0957. The first-order valence-electron chi connectivity index (χ1n) is 55.2. The Morgan fingerprint density at radius 2 is 0.870 bits per heavy atom. The van der Waals surface area contributed by atoms with E-state index in [4.69, 9.17) is 19.3 Å². The number of methoxy groups -OCH3 is 2. The molecule has 0 bridgehead atoms. The third kappa shape index (κ3) is 74.9. The highest BCUT2D eigenvalue weighted by Crippen LogP contribution is 2.32. The molecule has 14 heteroatoms. The molecule has 1 saturated carbocycles. The van der Waals surface area contributed by atoms with Crippen molar-refractivity contribution in [1.82, 2.24) is 24.5 Å². The van der Waals surface area contributed by atoms with E-state index >= 15 is 0 Å². The number of H-pyrrole nitrogens is 1. The van der Waals surface area contributed by atoms with E-state index in [9.17, 15) is 9.59 Å². The first-order chi connectivity index (χ1) is 68.9. The van der Waals surface area contributed by atoms with Crippen molar-refractivity contribution in [1.29, 1.82) is 0 Å². The Bertz CT molecular complexity index is 4590. The van der Waals surface area contributed by atoms with Crippen LogP contribution in [0.5, 0.6) is 11.6 Å². The van der Waals surface area contributed by atoms with Gasteiger partial charge in [0.15, 0.2) is 0 Å². The minimum atomic E-state index is -0.0376. The fourth-order valence-electron chi connectivity index (χ4n) is 12.7. The van der Waals surface area contributed by atoms with Gasteiger partial charge in [-0.2, -0.15) is 11.3 Å². The van der Waals surface area contributed by atoms with Crippen LogP contribution in [0.4, 0.5) is 0 Å². The minimum absolute atomic E-state index is 0.0376. The molecule has 2 N–H and O–H groups in total. The number of hydrogen-bond acceptors (Lipinski definition) is 12. The largest absolute Gasteiger partial charge is 0.493 e. The van der Waals surface area contributed by atoms with Gasteiger partial charge in [0, 0.05) is 112 Å². The summed E-state index contributed by atoms with van der Waals surface area (Å²) >= 11 is 3.60. The van der Waals surface area contributed by atoms with Gasteiger partial charge in [-0.3, -0.25) is 19.6 Å². The summed E-state index contributed by atoms with van der Waals surface area (Å²) in [6.07, 6.45) is 21.7. The lowest BCUT2D eigenvalue weighted by atomic mass is 9.82. The number of aromatic amines is 1. The Morgan fingerprint density at radius 3 is 1.16 bits per heavy atom. The Hall–Kier alpha value is -8.89. The molecular formula is C132H215N5O7S2. The number of aryl methyl sites for hydroxylation is 3. The SMILES string of the molecule is CC.CC(C)C(C)(C)C.CC(C)C1CCCCC1.CC(C)C1CCOCC1.CC(C)c1ccc(=O)[nH]c1.CC(C)c1ccc(=O)n(C)c1.CC(C)c1ccc2c(c1)CCO2.CC(C)c1ccccc1.CC(C)c1ccccc1.CC(C)c1ccccc1.CC(C)c1cccs1.CC(C)c1ccsc1.CCC(C)C.CCO.CCOC.COc1ccc(C(C)C)cn1.Cc1ccc(C(C)C)cn1.Cc1ccc(C(C)C)nc1. The number of nitrogens with one attached hydrogen (secondary N) is 1. The van der Waals surface area contributed by atoms with Gasteiger partial charge in [-0.25, -0.2) is 4.98 Å². The molecule has 822 valence electrons. The van der Waals surface area contributed by atoms with E-state index in [0.717, 1.165) is 79.8 Å². The number of rotatable bonds is 16. The van der Waals surface area contributed by atoms with Crippen molar-refractivity contribution in [2.24, 2.45) is 48.0 Å². The summed E-state index contributed by atoms with van der Waals surface area (Å²) in [4.78, 5) is 38.2. The van der Waals surface area contributed by atoms with Crippen LogP contribution >= 0.6 is 22.7 Å². The van der Waals surface area contributed by atoms with E-state index < -0.39 is 0 Å². The molecule has 0 unspecified atom stereocenters. The van der Waals surface area contributed by atoms with Crippen molar-refractivity contribution in [3.05, 3.63) is 333 Å². The second kappa shape index (κ2) is 87.9. The summed E-state index contributed by atoms with van der Waals surface area (Å²) in [5, 5.41) is 14.0. The van der Waals surface area contributed by atoms with Gasteiger partial charge < -0.3 is 33.6 Å². The molecule has 0 amide bonds. The maximum atomic E-state index is 11.0. The minimum Gasteiger partial charge on any atom is -0.493 e. The van der Waals surface area contributed by atoms with Crippen molar-refractivity contribution in [3.8, 4) is 11.6 Å². The second-order valence-electron chi connectivity index (χ2n) is 43.0. The average molecular weight is 2050 g/mol. The zero-order valence-corrected chi connectivity index (χ0v) is 102. The first kappa shape index (κ1) is 143. The van der Waals surface area contributed by atoms with Gasteiger partial charge in [0.2, 0.25) is 17.0 Å². The van der Waals surface area contributed by atoms with Crippen LogP contribution in [0.2, 0.25) is 0 Å². The van der Waals surface area contributed by atoms with E-state index in [1.54, 1.807) is 62.4 Å². The molecule has 11 aromatic rings. The molecule has 0 spiro atoms. The zero-order valence-electron chi connectivity index (χ0n) is 101. The maximum Gasteiger partial charge on any atom is 0.250 e. The topological polar surface area (TPSA) is 151 Å². The van der Waals surface area contributed by atoms with E-state index in [2.05, 4.69) is 417 Å². The highest BCUT2D eigenvalue weighted by molar-refractivity contribution is 7.10. The van der Waals surface area contributed by atoms with Crippen molar-refractivity contribution in [2.75, 3.05) is 47.3 Å². The summed E-state index contributed by atoms with van der Waals surface area (Å²) < 4.78 is 21.8. The predicted octanol–water partition coefficient (Wildman–Crippen LogP) is 38.9. The highest BCUT2D eigenvalue weighted by Gasteiger charge is 2.19. The Labute approximate surface area is 905 Å². The van der Waals surface area contributed by atoms with E-state index in [0.29, 0.717) is 76.4 Å². The molecule has 146 heavy (non-hydrogen) atoms. The standard InChI is InChI=1S/C11H14O.2C9H13NO.2C9H13N.C9H18.3C9H12.C8H11NO.C8H16O.2C7H10S.C7H16.C5H12.C3H8O.C2H6O.C2H6/c1-8(2)9-3-4-11-10(7-9)5-6-12-11;1-7(2)8-4-5-9(11-3)10-6-8;1-7(2)8-4-5-9(11)10(3)6-8;1-7(2)9-5-4-8(3)10-6-9;1-7(2)9-5-4-8(3)6-10-9;4*1-8(2)9-6-4-3-5-7-9;1-6(2)7-3-4-8(10)9-5-7;1-7(2)8-3-5-9-6-4-8;1-6(2)7-3-4-8-5-7;1-6(2)7-4-3-5-8-7;1-6(2)7(3,4)5;1-4-5(2)3;1-3-4-2;1-2-3;1-2/h3-4,7-8H,5-6H2,1-2H3;2*4-7H,1-3H3;2*4-7H,1-3H3;8-9H,3-7H2,1-2H3;3*3-8H,1-2H3;3-6H,1-2H3,(H,9,10);7-8H,3-6H2,1-2H3;2*3-6H,1-2H3;6H,1-5H3;5H,4H2,1-3H3;3H2,1-2H3;3H,2H2,1H3;1-2H3. The average Bonchev–Trinajstić information content (AvgIpc) is 1.70. The maximum absolute atomic E-state index is 11.0. The van der Waals surface area contributed by atoms with Crippen LogP contribution in [0.1, 0.15) is 457 Å². The molecule has 7 aromatic heterocycles. The van der Waals surface area contributed by atoms with Crippen molar-refractivity contribution in [2.45, 2.75) is 400 Å². The first-order valence-corrected chi connectivity index (χ1v) is 57.1. The van der Waals surface area contributed by atoms with E-state index in [1.165, 1.54) is 123 Å². The number of aliphatic hydroxyl groups is 1. The van der Waals surface area contributed by atoms with Gasteiger partial charge >= 0.3 is 0 Å². The third-order valence-corrected chi connectivity index (χ3v) is 26.6. The van der Waals surface area contributed by atoms with Crippen LogP contribution in [-0.2, 0) is 22.9 Å². The zero-order chi connectivity index (χ0) is 112. The summed E-state index contributed by atoms with van der Waals surface area (Å²) in [5.41, 5.74) is 17.4. The van der Waals surface area contributed by atoms with Gasteiger partial charge in [0.25, 0.3) is 0 Å². The Kier molecular flexibility index (Phi) is 86.3. The number of nitrogens with zero attached hydrogens (tertiary/aromatic N) is 4. The van der Waals surface area contributed by atoms with Gasteiger partial charge in [-0.05, 0) is 254 Å². The van der Waals surface area contributed by atoms with Crippen LogP contribution in [0, 0.1) is 54.8 Å². The fraction of sp³-hybridized carbons (Fsp3) is 0.568. The number of hydrogen-bond donors (Lipinski definition) is 2. The molecule has 9 heterocycles. The summed E-state index contributed by atoms with van der Waals surface area (Å²) in [5.74, 6) is 13.9. The van der Waals surface area contributed by atoms with Crippen molar-refractivity contribution in [3.63, 3.8) is 0 Å². The molecule has 0 radical (unpaired) electrons. The second-order valence-corrected chi connectivity index (χ2v) is 44.8. The van der Waals surface area contributed by atoms with Crippen LogP contribution in [-0.4, -0.2) is 76.9 Å². The molecular weight excluding hydrogens is 1830 g/mol. The van der Waals surface area contributed by atoms with Crippen LogP contribution < -0.4 is 20.6 Å². The van der Waals surface area contributed by atoms with Gasteiger partial charge in [0.1, 0.15) is 5.75 Å². The molecule has 2 aliphatic heterocycles. The molecule has 0 atom stereocenters. The lowest BCUT2D eigenvalue weighted by molar-refractivity contribution is 0.0523. The normalized spacial score (nSPS) is 12.0. The van der Waals surface area contributed by atoms with Crippen molar-refractivity contribution < 1.29 is 24.1 Å². The summed E-state index contributed by atoms with van der Waals surface area (Å²) in [7, 11) is 5.07. The molecule has 4 aromatic carbocycles. The van der Waals surface area contributed by atoms with Crippen LogP contribution in [0.25, 0.3) is 0 Å². The van der Waals surface area contributed by atoms with Gasteiger partial charge in [-0.1, -0.05) is 427 Å². The number of pyridine rings is 5. The highest BCUT2D eigenvalue weighted by atomic mass is 32.1. The molecule has 3 aliphatic rings. The number of thiophene rings is 2. The Balaban J connectivity index is -0.000000737. The number of ether oxygens (including phenoxy) is 4. The summed E-state index contributed by atoms with van der Waals surface area (Å²) in [6, 6.07) is 63.7. The Morgan fingerprint density at radius 1 is 0.445 bits per heavy atom. The third-order valence-electron chi connectivity index (χ3n) is 24.8. The lowest BCUT2D eigenvalue weighted by Gasteiger charge is -2.24. The van der Waals surface area contributed by atoms with Gasteiger partial charge in [-0.15, -0.1) is 11.3 Å². The fourth-order valence-corrected chi connectivity index (χ4v) is 14.3.